The van der Waals surface area contributed by atoms with Gasteiger partial charge in [0.05, 0.1) is 0 Å². The molecule has 0 aliphatic heterocycles. The molecule has 0 fully saturated rings. The van der Waals surface area contributed by atoms with Crippen molar-refractivity contribution in [3.8, 4) is 0 Å². The van der Waals surface area contributed by atoms with E-state index in [-0.39, 0.29) is 17.0 Å². The van der Waals surface area contributed by atoms with Crippen LogP contribution >= 0.6 is 15.9 Å². The van der Waals surface area contributed by atoms with Crippen LogP contribution in [0.5, 0.6) is 0 Å². The standard InChI is InChI=1S/C13H22BrN3O3Si/c1-7-10(20-21(5,6)13(2,3)4)9-16-11(17(18)19)8-15-12(16)14/h7-8,10H,1,9H2,2-6H3/t10-/m1/s1. The average Bonchev–Trinajstić information content (AvgIpc) is 2.68. The highest BCUT2D eigenvalue weighted by molar-refractivity contribution is 9.10. The van der Waals surface area contributed by atoms with E-state index in [1.54, 1.807) is 6.08 Å². The van der Waals surface area contributed by atoms with Gasteiger partial charge in [-0.15, -0.1) is 6.58 Å². The van der Waals surface area contributed by atoms with E-state index in [1.807, 2.05) is 0 Å². The smallest absolute Gasteiger partial charge is 0.343 e. The summed E-state index contributed by atoms with van der Waals surface area (Å²) in [7, 11) is -1.97. The van der Waals surface area contributed by atoms with E-state index in [9.17, 15) is 10.1 Å². The highest BCUT2D eigenvalue weighted by Crippen LogP contribution is 2.37. The molecule has 0 aromatic carbocycles. The number of nitrogens with zero attached hydrogens (tertiary/aromatic N) is 3. The fraction of sp³-hybridized carbons (Fsp3) is 0.615. The van der Waals surface area contributed by atoms with Gasteiger partial charge in [0.25, 0.3) is 4.73 Å². The van der Waals surface area contributed by atoms with E-state index in [0.29, 0.717) is 11.3 Å². The molecule has 0 spiro atoms. The molecule has 0 aliphatic carbocycles. The summed E-state index contributed by atoms with van der Waals surface area (Å²) in [4.78, 5) is 14.5. The Morgan fingerprint density at radius 2 is 2.19 bits per heavy atom. The van der Waals surface area contributed by atoms with Gasteiger partial charge in [0.15, 0.2) is 8.32 Å². The Labute approximate surface area is 134 Å². The van der Waals surface area contributed by atoms with E-state index in [1.165, 1.54) is 10.8 Å². The lowest BCUT2D eigenvalue weighted by atomic mass is 10.2. The first kappa shape index (κ1) is 18.1. The molecule has 0 aliphatic rings. The molecule has 1 rings (SSSR count). The van der Waals surface area contributed by atoms with E-state index in [0.717, 1.165) is 0 Å². The molecule has 0 radical (unpaired) electrons. The maximum absolute atomic E-state index is 11.0. The highest BCUT2D eigenvalue weighted by atomic mass is 79.9. The topological polar surface area (TPSA) is 70.2 Å². The lowest BCUT2D eigenvalue weighted by molar-refractivity contribution is -0.392. The summed E-state index contributed by atoms with van der Waals surface area (Å²) < 4.78 is 8.15. The zero-order chi connectivity index (χ0) is 16.4. The highest BCUT2D eigenvalue weighted by Gasteiger charge is 2.39. The fourth-order valence-corrected chi connectivity index (χ4v) is 3.26. The van der Waals surface area contributed by atoms with Crippen molar-refractivity contribution in [3.63, 3.8) is 0 Å². The molecule has 0 bridgehead atoms. The lowest BCUT2D eigenvalue weighted by Gasteiger charge is -2.38. The summed E-state index contributed by atoms with van der Waals surface area (Å²) in [6.07, 6.45) is 2.63. The van der Waals surface area contributed by atoms with E-state index >= 15 is 0 Å². The second kappa shape index (κ2) is 6.41. The Morgan fingerprint density at radius 1 is 1.62 bits per heavy atom. The van der Waals surface area contributed by atoms with E-state index in [4.69, 9.17) is 4.43 Å². The van der Waals surface area contributed by atoms with Gasteiger partial charge in [-0.1, -0.05) is 26.8 Å². The van der Waals surface area contributed by atoms with Crippen LogP contribution in [0.3, 0.4) is 0 Å². The zero-order valence-electron chi connectivity index (χ0n) is 13.1. The van der Waals surface area contributed by atoms with Crippen LogP contribution in [-0.2, 0) is 11.0 Å². The van der Waals surface area contributed by atoms with Gasteiger partial charge in [0.2, 0.25) is 0 Å². The molecule has 0 N–H and O–H groups in total. The second-order valence-electron chi connectivity index (χ2n) is 6.41. The largest absolute Gasteiger partial charge is 0.407 e. The van der Waals surface area contributed by atoms with E-state index < -0.39 is 13.2 Å². The molecule has 21 heavy (non-hydrogen) atoms. The van der Waals surface area contributed by atoms with Gasteiger partial charge in [0.1, 0.15) is 18.8 Å². The number of hydrogen-bond acceptors (Lipinski definition) is 4. The van der Waals surface area contributed by atoms with Crippen molar-refractivity contribution in [2.24, 2.45) is 0 Å². The third-order valence-electron chi connectivity index (χ3n) is 3.85. The first-order chi connectivity index (χ1) is 9.49. The minimum atomic E-state index is -1.97. The minimum Gasteiger partial charge on any atom is -0.407 e. The molecular formula is C13H22BrN3O3Si. The third kappa shape index (κ3) is 4.24. The molecule has 1 aromatic rings. The van der Waals surface area contributed by atoms with Gasteiger partial charge >= 0.3 is 5.82 Å². The normalized spacial score (nSPS) is 14.0. The van der Waals surface area contributed by atoms with Crippen molar-refractivity contribution in [1.82, 2.24) is 9.55 Å². The molecule has 8 heteroatoms. The maximum Gasteiger partial charge on any atom is 0.343 e. The summed E-state index contributed by atoms with van der Waals surface area (Å²) in [6, 6.07) is 0. The van der Waals surface area contributed by atoms with Gasteiger partial charge in [-0.05, 0) is 23.1 Å². The third-order valence-corrected chi connectivity index (χ3v) is 8.99. The van der Waals surface area contributed by atoms with Crippen LogP contribution < -0.4 is 0 Å². The Balaban J connectivity index is 2.97. The van der Waals surface area contributed by atoms with Gasteiger partial charge in [-0.25, -0.2) is 4.98 Å². The van der Waals surface area contributed by atoms with Crippen LogP contribution in [0.25, 0.3) is 0 Å². The lowest BCUT2D eigenvalue weighted by Crippen LogP contribution is -2.44. The van der Waals surface area contributed by atoms with Crippen molar-refractivity contribution in [2.45, 2.75) is 51.6 Å². The minimum absolute atomic E-state index is 0.0619. The molecule has 0 saturated carbocycles. The predicted molar refractivity (Wildman–Crippen MR) is 88.8 cm³/mol. The van der Waals surface area contributed by atoms with Crippen molar-refractivity contribution in [3.05, 3.63) is 33.7 Å². The summed E-state index contributed by atoms with van der Waals surface area (Å²) in [6.45, 7) is 14.8. The van der Waals surface area contributed by atoms with Crippen molar-refractivity contribution < 1.29 is 9.35 Å². The van der Waals surface area contributed by atoms with Crippen LogP contribution in [-0.4, -0.2) is 28.9 Å². The summed E-state index contributed by atoms with van der Waals surface area (Å²) in [5, 5.41) is 11.1. The quantitative estimate of drug-likeness (QED) is 0.324. The second-order valence-corrected chi connectivity index (χ2v) is 11.9. The van der Waals surface area contributed by atoms with Crippen molar-refractivity contribution in [1.29, 1.82) is 0 Å². The van der Waals surface area contributed by atoms with Gasteiger partial charge in [-0.2, -0.15) is 4.57 Å². The molecule has 0 unspecified atom stereocenters. The Hall–Kier alpha value is -0.993. The van der Waals surface area contributed by atoms with Gasteiger partial charge in [-0.3, -0.25) is 0 Å². The zero-order valence-corrected chi connectivity index (χ0v) is 15.7. The van der Waals surface area contributed by atoms with Gasteiger partial charge < -0.3 is 14.5 Å². The van der Waals surface area contributed by atoms with Crippen LogP contribution in [0, 0.1) is 10.1 Å². The summed E-state index contributed by atoms with van der Waals surface area (Å²) >= 11 is 3.23. The molecule has 1 heterocycles. The number of nitro groups is 1. The van der Waals surface area contributed by atoms with Crippen molar-refractivity contribution >= 4 is 30.1 Å². The average molecular weight is 376 g/mol. The number of hydrogen-bond donors (Lipinski definition) is 0. The monoisotopic (exact) mass is 375 g/mol. The van der Waals surface area contributed by atoms with Crippen LogP contribution in [0.4, 0.5) is 5.82 Å². The van der Waals surface area contributed by atoms with E-state index in [2.05, 4.69) is 61.4 Å². The fourth-order valence-electron chi connectivity index (χ4n) is 1.55. The van der Waals surface area contributed by atoms with Crippen LogP contribution in [0.15, 0.2) is 23.6 Å². The summed E-state index contributed by atoms with van der Waals surface area (Å²) in [5.41, 5.74) is 0. The Morgan fingerprint density at radius 3 is 2.62 bits per heavy atom. The van der Waals surface area contributed by atoms with Gasteiger partial charge in [0, 0.05) is 15.9 Å². The first-order valence-electron chi connectivity index (χ1n) is 6.65. The van der Waals surface area contributed by atoms with Crippen molar-refractivity contribution in [2.75, 3.05) is 0 Å². The van der Waals surface area contributed by atoms with Crippen LogP contribution in [0.1, 0.15) is 20.8 Å². The molecular weight excluding hydrogens is 354 g/mol. The number of imidazole rings is 1. The number of rotatable bonds is 6. The maximum atomic E-state index is 11.0. The first-order valence-corrected chi connectivity index (χ1v) is 10.4. The molecule has 1 aromatic heterocycles. The molecule has 0 amide bonds. The number of aromatic nitrogens is 2. The molecule has 1 atom stereocenters. The Kier molecular flexibility index (Phi) is 5.51. The summed E-state index contributed by atoms with van der Waals surface area (Å²) in [5.74, 6) is -0.0624. The molecule has 6 nitrogen and oxygen atoms in total. The predicted octanol–water partition coefficient (Wildman–Crippen LogP) is 4.13. The molecule has 118 valence electrons. The Bertz CT molecular complexity index is 537. The molecule has 0 saturated heterocycles. The van der Waals surface area contributed by atoms with Crippen LogP contribution in [0.2, 0.25) is 18.1 Å². The SMILES string of the molecule is C=C[C@H](Cn1c([N+](=O)[O-])cnc1Br)O[Si](C)(C)C(C)(C)C. The number of halogens is 1.